The zero-order valence-corrected chi connectivity index (χ0v) is 27.8. The van der Waals surface area contributed by atoms with E-state index in [1.807, 2.05) is 42.5 Å². The second-order valence-electron chi connectivity index (χ2n) is 12.5. The van der Waals surface area contributed by atoms with Crippen molar-refractivity contribution in [2.45, 2.75) is 76.9 Å². The Morgan fingerprint density at radius 2 is 1.86 bits per heavy atom. The van der Waals surface area contributed by atoms with E-state index >= 15 is 0 Å². The van der Waals surface area contributed by atoms with Crippen LogP contribution in [0.5, 0.6) is 17.2 Å². The maximum absolute atomic E-state index is 14.0. The molecule has 1 N–H and O–H groups in total. The lowest BCUT2D eigenvalue weighted by Crippen LogP contribution is -2.42. The van der Waals surface area contributed by atoms with Gasteiger partial charge < -0.3 is 19.3 Å². The average Bonchev–Trinajstić information content (AvgIpc) is 3.58. The molecule has 3 fully saturated rings. The minimum atomic E-state index is -0.336. The number of imide groups is 1. The highest BCUT2D eigenvalue weighted by Crippen LogP contribution is 2.51. The molecular weight excluding hydrogens is 669 g/mol. The van der Waals surface area contributed by atoms with Gasteiger partial charge in [-0.05, 0) is 102 Å². The number of nitrogens with zero attached hydrogens (tertiary/aromatic N) is 1. The molecule has 0 spiro atoms. The lowest BCUT2D eigenvalue weighted by atomic mass is 9.69. The molecule has 44 heavy (non-hydrogen) atoms. The number of hydrogen-bond acceptors (Lipinski definition) is 6. The number of amides is 2. The summed E-state index contributed by atoms with van der Waals surface area (Å²) in [5.74, 6) is 0.698. The van der Waals surface area contributed by atoms with Crippen LogP contribution in [0.25, 0.3) is 6.08 Å². The number of ether oxygens (including phenoxy) is 3. The third-order valence-corrected chi connectivity index (χ3v) is 10.8. The molecule has 7 nitrogen and oxygen atoms in total. The third-order valence-electron chi connectivity index (χ3n) is 9.96. The molecule has 0 unspecified atom stereocenters. The van der Waals surface area contributed by atoms with Crippen LogP contribution >= 0.6 is 22.6 Å². The number of carbonyl (C=O) groups is 2. The summed E-state index contributed by atoms with van der Waals surface area (Å²) >= 11 is 2.12. The zero-order valence-electron chi connectivity index (χ0n) is 25.6. The molecule has 234 valence electrons. The fourth-order valence-electron chi connectivity index (χ4n) is 7.75. The van der Waals surface area contributed by atoms with Crippen LogP contribution in [0.1, 0.15) is 70.3 Å². The maximum atomic E-state index is 14.0. The van der Waals surface area contributed by atoms with Crippen LogP contribution in [-0.2, 0) is 14.3 Å². The number of phenols is 1. The van der Waals surface area contributed by atoms with Crippen molar-refractivity contribution in [1.29, 1.82) is 0 Å². The summed E-state index contributed by atoms with van der Waals surface area (Å²) < 4.78 is 18.9. The molecule has 0 radical (unpaired) electrons. The van der Waals surface area contributed by atoms with Crippen molar-refractivity contribution in [2.24, 2.45) is 17.8 Å². The SMILES string of the molecule is CC/C(=C\c1cc(I)c(O)c(OC)c1)CC[C@H]1OC[C@H]2C1=C(COc1ccccc1)C[C@H]1C(=O)N(C3CCCCC3)C(=O)[C@H]12. The molecule has 2 aliphatic carbocycles. The number of phenolic OH excluding ortho intramolecular Hbond substituents is 1. The summed E-state index contributed by atoms with van der Waals surface area (Å²) in [7, 11) is 1.56. The van der Waals surface area contributed by atoms with Gasteiger partial charge in [-0.3, -0.25) is 14.5 Å². The quantitative estimate of drug-likeness (QED) is 0.158. The molecule has 2 aliphatic heterocycles. The first kappa shape index (κ1) is 31.1. The lowest BCUT2D eigenvalue weighted by molar-refractivity contribution is -0.143. The van der Waals surface area contributed by atoms with E-state index in [9.17, 15) is 14.7 Å². The number of allylic oxidation sites excluding steroid dienone is 1. The molecule has 2 aromatic rings. The fourth-order valence-corrected chi connectivity index (χ4v) is 8.38. The number of fused-ring (bicyclic) bond motifs is 3. The van der Waals surface area contributed by atoms with Gasteiger partial charge in [0.05, 0.1) is 35.2 Å². The molecule has 4 atom stereocenters. The molecular formula is C36H42INO6. The van der Waals surface area contributed by atoms with Crippen LogP contribution in [0.4, 0.5) is 0 Å². The molecule has 6 rings (SSSR count). The largest absolute Gasteiger partial charge is 0.504 e. The molecule has 2 aromatic carbocycles. The van der Waals surface area contributed by atoms with E-state index in [2.05, 4.69) is 35.6 Å². The normalized spacial score (nSPS) is 25.8. The van der Waals surface area contributed by atoms with Gasteiger partial charge in [0.25, 0.3) is 0 Å². The van der Waals surface area contributed by atoms with E-state index in [1.54, 1.807) is 12.0 Å². The van der Waals surface area contributed by atoms with Gasteiger partial charge in [-0.15, -0.1) is 0 Å². The molecule has 2 heterocycles. The van der Waals surface area contributed by atoms with Gasteiger partial charge >= 0.3 is 0 Å². The Hall–Kier alpha value is -2.85. The van der Waals surface area contributed by atoms with Gasteiger partial charge in [0.15, 0.2) is 11.5 Å². The number of hydrogen-bond donors (Lipinski definition) is 1. The van der Waals surface area contributed by atoms with Crippen LogP contribution in [0.2, 0.25) is 0 Å². The molecule has 0 aromatic heterocycles. The highest BCUT2D eigenvalue weighted by Gasteiger charge is 2.58. The van der Waals surface area contributed by atoms with Gasteiger partial charge in [-0.25, -0.2) is 0 Å². The summed E-state index contributed by atoms with van der Waals surface area (Å²) in [4.78, 5) is 29.4. The minimum Gasteiger partial charge on any atom is -0.504 e. The first-order valence-corrected chi connectivity index (χ1v) is 17.1. The van der Waals surface area contributed by atoms with E-state index < -0.39 is 0 Å². The van der Waals surface area contributed by atoms with Crippen molar-refractivity contribution in [3.63, 3.8) is 0 Å². The predicted octanol–water partition coefficient (Wildman–Crippen LogP) is 7.31. The van der Waals surface area contributed by atoms with Gasteiger partial charge in [-0.2, -0.15) is 0 Å². The Morgan fingerprint density at radius 3 is 2.59 bits per heavy atom. The third kappa shape index (κ3) is 6.16. The molecule has 1 saturated carbocycles. The molecule has 2 amide bonds. The van der Waals surface area contributed by atoms with Crippen molar-refractivity contribution in [3.05, 3.63) is 68.3 Å². The van der Waals surface area contributed by atoms with Gasteiger partial charge in [0.1, 0.15) is 12.4 Å². The predicted molar refractivity (Wildman–Crippen MR) is 177 cm³/mol. The lowest BCUT2D eigenvalue weighted by Gasteiger charge is -2.32. The molecule has 4 aliphatic rings. The van der Waals surface area contributed by atoms with E-state index in [0.29, 0.717) is 25.4 Å². The van der Waals surface area contributed by atoms with Gasteiger partial charge in [0, 0.05) is 12.0 Å². The Kier molecular flexibility index (Phi) is 9.66. The number of aromatic hydroxyl groups is 1. The standard InChI is InChI=1S/C36H42INO6/c1-3-22(16-23-17-29(37)34(39)31(18-23)42-2)14-15-30-32-24(20-43-26-12-8-5-9-13-26)19-27-33(28(32)21-44-30)36(41)38(35(27)40)25-10-6-4-7-11-25/h5,8-9,12-13,16-18,25,27-28,30,33,39H,3-4,6-7,10-11,14-15,19-21H2,1-2H3/b22-16+/t27-,28+,30-,33-/m1/s1. The number of rotatable bonds is 10. The van der Waals surface area contributed by atoms with Crippen molar-refractivity contribution in [2.75, 3.05) is 20.3 Å². The average molecular weight is 712 g/mol. The first-order valence-electron chi connectivity index (χ1n) is 16.0. The van der Waals surface area contributed by atoms with Gasteiger partial charge in [-0.1, -0.05) is 56.0 Å². The summed E-state index contributed by atoms with van der Waals surface area (Å²) in [5.41, 5.74) is 4.56. The summed E-state index contributed by atoms with van der Waals surface area (Å²) in [5, 5.41) is 10.3. The Morgan fingerprint density at radius 1 is 1.09 bits per heavy atom. The van der Waals surface area contributed by atoms with Gasteiger partial charge in [0.2, 0.25) is 11.8 Å². The number of carbonyl (C=O) groups excluding carboxylic acids is 2. The van der Waals surface area contributed by atoms with Crippen molar-refractivity contribution >= 4 is 40.5 Å². The van der Waals surface area contributed by atoms with E-state index in [0.717, 1.165) is 65.4 Å². The van der Waals surface area contributed by atoms with Crippen LogP contribution in [-0.4, -0.2) is 54.3 Å². The maximum Gasteiger partial charge on any atom is 0.234 e. The summed E-state index contributed by atoms with van der Waals surface area (Å²) in [6, 6.07) is 13.6. The van der Waals surface area contributed by atoms with E-state index in [1.165, 1.54) is 17.6 Å². The Labute approximate surface area is 273 Å². The zero-order chi connectivity index (χ0) is 30.8. The number of methoxy groups -OCH3 is 1. The van der Waals surface area contributed by atoms with Crippen LogP contribution in [0, 0.1) is 21.3 Å². The molecule has 2 saturated heterocycles. The number of likely N-dealkylation sites (tertiary alicyclic amines) is 1. The second kappa shape index (κ2) is 13.6. The second-order valence-corrected chi connectivity index (χ2v) is 13.7. The number of halogens is 1. The van der Waals surface area contributed by atoms with Crippen LogP contribution in [0.15, 0.2) is 59.2 Å². The van der Waals surface area contributed by atoms with Crippen molar-refractivity contribution in [3.8, 4) is 17.2 Å². The number of benzene rings is 2. The topological polar surface area (TPSA) is 85.3 Å². The van der Waals surface area contributed by atoms with Crippen molar-refractivity contribution in [1.82, 2.24) is 4.90 Å². The fraction of sp³-hybridized carbons (Fsp3) is 0.500. The molecule has 0 bridgehead atoms. The Balaban J connectivity index is 1.25. The summed E-state index contributed by atoms with van der Waals surface area (Å²) in [6.07, 6.45) is 10.3. The van der Waals surface area contributed by atoms with E-state index in [4.69, 9.17) is 14.2 Å². The minimum absolute atomic E-state index is 0.0155. The van der Waals surface area contributed by atoms with E-state index in [-0.39, 0.29) is 47.5 Å². The Bertz CT molecular complexity index is 1450. The number of para-hydroxylation sites is 1. The van der Waals surface area contributed by atoms with Crippen molar-refractivity contribution < 1.29 is 28.9 Å². The van der Waals surface area contributed by atoms with Crippen LogP contribution in [0.3, 0.4) is 0 Å². The highest BCUT2D eigenvalue weighted by atomic mass is 127. The first-order chi connectivity index (χ1) is 21.4. The monoisotopic (exact) mass is 711 g/mol. The highest BCUT2D eigenvalue weighted by molar-refractivity contribution is 14.1. The van der Waals surface area contributed by atoms with Crippen LogP contribution < -0.4 is 9.47 Å². The summed E-state index contributed by atoms with van der Waals surface area (Å²) in [6.45, 7) is 3.01. The smallest absolute Gasteiger partial charge is 0.234 e. The molecule has 8 heteroatoms.